The summed E-state index contributed by atoms with van der Waals surface area (Å²) in [6.07, 6.45) is 5.16. The molecular weight excluding hydrogens is 394 g/mol. The summed E-state index contributed by atoms with van der Waals surface area (Å²) in [7, 11) is 0. The standard InChI is InChI=1S/C20H23N3O3S2/c1-2-26-19(25)16-13-9-4-3-5-11-15(13)28-18(16)23-20(27)22-14-10-7-6-8-12(14)17(21)24/h6-8,10H,2-5,9,11H2,1H3,(H2,21,24)(H2,22,23,27). The van der Waals surface area contributed by atoms with Crippen molar-refractivity contribution in [1.29, 1.82) is 0 Å². The molecule has 28 heavy (non-hydrogen) atoms. The van der Waals surface area contributed by atoms with Gasteiger partial charge in [-0.05, 0) is 62.5 Å². The molecule has 1 aliphatic carbocycles. The number of primary amides is 1. The molecule has 0 fully saturated rings. The molecule has 0 aliphatic heterocycles. The molecule has 148 valence electrons. The van der Waals surface area contributed by atoms with Crippen molar-refractivity contribution in [3.63, 3.8) is 0 Å². The fourth-order valence-electron chi connectivity index (χ4n) is 3.31. The van der Waals surface area contributed by atoms with Crippen molar-refractivity contribution in [1.82, 2.24) is 0 Å². The van der Waals surface area contributed by atoms with Crippen LogP contribution in [0.25, 0.3) is 0 Å². The van der Waals surface area contributed by atoms with Gasteiger partial charge in [-0.1, -0.05) is 18.6 Å². The van der Waals surface area contributed by atoms with Crippen LogP contribution in [0.3, 0.4) is 0 Å². The highest BCUT2D eigenvalue weighted by Gasteiger charge is 2.26. The summed E-state index contributed by atoms with van der Waals surface area (Å²) in [4.78, 5) is 25.4. The lowest BCUT2D eigenvalue weighted by Gasteiger charge is -2.13. The maximum atomic E-state index is 12.6. The fraction of sp³-hybridized carbons (Fsp3) is 0.350. The van der Waals surface area contributed by atoms with Crippen molar-refractivity contribution in [2.24, 2.45) is 5.73 Å². The molecule has 0 spiro atoms. The first-order valence-corrected chi connectivity index (χ1v) is 10.5. The lowest BCUT2D eigenvalue weighted by atomic mass is 10.1. The van der Waals surface area contributed by atoms with E-state index in [4.69, 9.17) is 22.7 Å². The highest BCUT2D eigenvalue weighted by Crippen LogP contribution is 2.38. The molecule has 1 amide bonds. The van der Waals surface area contributed by atoms with Crippen LogP contribution >= 0.6 is 23.6 Å². The highest BCUT2D eigenvalue weighted by atomic mass is 32.1. The van der Waals surface area contributed by atoms with Crippen molar-refractivity contribution >= 4 is 51.2 Å². The van der Waals surface area contributed by atoms with E-state index < -0.39 is 5.91 Å². The third-order valence-corrected chi connectivity index (χ3v) is 5.98. The largest absolute Gasteiger partial charge is 0.462 e. The Balaban J connectivity index is 1.86. The highest BCUT2D eigenvalue weighted by molar-refractivity contribution is 7.80. The summed E-state index contributed by atoms with van der Waals surface area (Å²) in [5.74, 6) is -0.870. The Morgan fingerprint density at radius 3 is 2.68 bits per heavy atom. The van der Waals surface area contributed by atoms with E-state index in [1.807, 2.05) is 0 Å². The summed E-state index contributed by atoms with van der Waals surface area (Å²) in [5.41, 5.74) is 7.94. The van der Waals surface area contributed by atoms with Crippen molar-refractivity contribution < 1.29 is 14.3 Å². The Kier molecular flexibility index (Phi) is 6.64. The molecule has 4 N–H and O–H groups in total. The van der Waals surface area contributed by atoms with E-state index in [1.165, 1.54) is 4.88 Å². The number of nitrogens with one attached hydrogen (secondary N) is 2. The number of rotatable bonds is 5. The van der Waals surface area contributed by atoms with Crippen LogP contribution in [0.2, 0.25) is 0 Å². The average Bonchev–Trinajstić information content (AvgIpc) is 2.82. The second-order valence-electron chi connectivity index (χ2n) is 6.48. The number of carbonyl (C=O) groups excluding carboxylic acids is 2. The quantitative estimate of drug-likeness (QED) is 0.385. The molecule has 0 unspecified atom stereocenters. The molecule has 0 saturated heterocycles. The summed E-state index contributed by atoms with van der Waals surface area (Å²) in [5, 5.41) is 7.10. The van der Waals surface area contributed by atoms with Gasteiger partial charge < -0.3 is 21.1 Å². The van der Waals surface area contributed by atoms with E-state index in [1.54, 1.807) is 42.5 Å². The molecule has 1 heterocycles. The molecule has 0 radical (unpaired) electrons. The molecule has 1 aromatic heterocycles. The van der Waals surface area contributed by atoms with Crippen molar-refractivity contribution in [3.05, 3.63) is 45.8 Å². The lowest BCUT2D eigenvalue weighted by molar-refractivity contribution is 0.0526. The predicted octanol–water partition coefficient (Wildman–Crippen LogP) is 4.10. The van der Waals surface area contributed by atoms with E-state index >= 15 is 0 Å². The third kappa shape index (κ3) is 4.51. The summed E-state index contributed by atoms with van der Waals surface area (Å²) < 4.78 is 5.29. The number of amides is 1. The molecule has 1 aromatic carbocycles. The lowest BCUT2D eigenvalue weighted by Crippen LogP contribution is -2.23. The monoisotopic (exact) mass is 417 g/mol. The Bertz CT molecular complexity index is 908. The number of thiocarbonyl (C=S) groups is 1. The van der Waals surface area contributed by atoms with E-state index in [0.29, 0.717) is 28.4 Å². The Morgan fingerprint density at radius 1 is 1.18 bits per heavy atom. The normalized spacial score (nSPS) is 13.2. The van der Waals surface area contributed by atoms with Gasteiger partial charge >= 0.3 is 5.97 Å². The number of esters is 1. The van der Waals surface area contributed by atoms with Crippen LogP contribution < -0.4 is 16.4 Å². The molecule has 3 rings (SSSR count). The van der Waals surface area contributed by atoms with Gasteiger partial charge in [0.1, 0.15) is 5.00 Å². The number of hydrogen-bond donors (Lipinski definition) is 3. The number of anilines is 2. The van der Waals surface area contributed by atoms with Crippen LogP contribution in [0.5, 0.6) is 0 Å². The number of para-hydroxylation sites is 1. The minimum Gasteiger partial charge on any atom is -0.462 e. The van der Waals surface area contributed by atoms with Crippen LogP contribution in [0.4, 0.5) is 10.7 Å². The summed E-state index contributed by atoms with van der Waals surface area (Å²) in [6.45, 7) is 2.11. The summed E-state index contributed by atoms with van der Waals surface area (Å²) >= 11 is 6.97. The third-order valence-electron chi connectivity index (χ3n) is 4.57. The Hall–Kier alpha value is -2.45. The van der Waals surface area contributed by atoms with Gasteiger partial charge in [0.25, 0.3) is 5.91 Å². The van der Waals surface area contributed by atoms with Gasteiger partial charge in [-0.3, -0.25) is 4.79 Å². The first-order chi connectivity index (χ1) is 13.5. The van der Waals surface area contributed by atoms with Crippen LogP contribution in [0.15, 0.2) is 24.3 Å². The molecule has 8 heteroatoms. The van der Waals surface area contributed by atoms with E-state index in [-0.39, 0.29) is 11.1 Å². The molecule has 1 aliphatic rings. The van der Waals surface area contributed by atoms with Gasteiger partial charge in [-0.15, -0.1) is 11.3 Å². The number of aryl methyl sites for hydroxylation is 1. The smallest absolute Gasteiger partial charge is 0.341 e. The predicted molar refractivity (Wildman–Crippen MR) is 116 cm³/mol. The molecule has 6 nitrogen and oxygen atoms in total. The molecular formula is C20H23N3O3S2. The number of nitrogens with two attached hydrogens (primary N) is 1. The molecule has 0 atom stereocenters. The number of carbonyl (C=O) groups is 2. The fourth-order valence-corrected chi connectivity index (χ4v) is 4.87. The van der Waals surface area contributed by atoms with E-state index in [0.717, 1.165) is 37.7 Å². The van der Waals surface area contributed by atoms with Gasteiger partial charge in [0, 0.05) is 4.88 Å². The number of hydrogen-bond acceptors (Lipinski definition) is 5. The zero-order chi connectivity index (χ0) is 20.1. The van der Waals surface area contributed by atoms with Gasteiger partial charge in [-0.25, -0.2) is 4.79 Å². The first-order valence-electron chi connectivity index (χ1n) is 9.29. The second kappa shape index (κ2) is 9.16. The Morgan fingerprint density at radius 2 is 1.93 bits per heavy atom. The second-order valence-corrected chi connectivity index (χ2v) is 7.99. The SMILES string of the molecule is CCOC(=O)c1c(NC(=S)Nc2ccccc2C(N)=O)sc2c1CCCCC2. The molecule has 2 aromatic rings. The number of fused-ring (bicyclic) bond motifs is 1. The minimum atomic E-state index is -0.541. The maximum absolute atomic E-state index is 12.6. The van der Waals surface area contributed by atoms with E-state index in [2.05, 4.69) is 10.6 Å². The maximum Gasteiger partial charge on any atom is 0.341 e. The minimum absolute atomic E-state index is 0.288. The topological polar surface area (TPSA) is 93.4 Å². The zero-order valence-corrected chi connectivity index (χ0v) is 17.3. The van der Waals surface area contributed by atoms with Gasteiger partial charge in [-0.2, -0.15) is 0 Å². The van der Waals surface area contributed by atoms with Crippen LogP contribution in [0, 0.1) is 0 Å². The molecule has 0 saturated carbocycles. The van der Waals surface area contributed by atoms with Gasteiger partial charge in [0.05, 0.1) is 23.4 Å². The Labute approximate surface area is 173 Å². The van der Waals surface area contributed by atoms with Crippen molar-refractivity contribution in [2.45, 2.75) is 39.0 Å². The van der Waals surface area contributed by atoms with Crippen molar-refractivity contribution in [3.8, 4) is 0 Å². The van der Waals surface area contributed by atoms with Gasteiger partial charge in [0.2, 0.25) is 0 Å². The number of thiophene rings is 1. The first kappa shape index (κ1) is 20.3. The summed E-state index contributed by atoms with van der Waals surface area (Å²) in [6, 6.07) is 6.88. The number of benzene rings is 1. The van der Waals surface area contributed by atoms with Crippen LogP contribution in [-0.2, 0) is 17.6 Å². The number of ether oxygens (including phenoxy) is 1. The molecule has 0 bridgehead atoms. The van der Waals surface area contributed by atoms with Crippen LogP contribution in [-0.4, -0.2) is 23.6 Å². The van der Waals surface area contributed by atoms with Crippen molar-refractivity contribution in [2.75, 3.05) is 17.2 Å². The van der Waals surface area contributed by atoms with Gasteiger partial charge in [0.15, 0.2) is 5.11 Å². The van der Waals surface area contributed by atoms with Crippen LogP contribution in [0.1, 0.15) is 57.3 Å². The zero-order valence-electron chi connectivity index (χ0n) is 15.7. The van der Waals surface area contributed by atoms with E-state index in [9.17, 15) is 9.59 Å². The average molecular weight is 418 g/mol.